The zero-order valence-electron chi connectivity index (χ0n) is 14.5. The van der Waals surface area contributed by atoms with Gasteiger partial charge in [-0.25, -0.2) is 9.82 Å². The Morgan fingerprint density at radius 2 is 1.92 bits per heavy atom. The van der Waals surface area contributed by atoms with Crippen molar-refractivity contribution in [1.29, 1.82) is 0 Å². The van der Waals surface area contributed by atoms with Crippen LogP contribution in [0.15, 0.2) is 40.5 Å². The van der Waals surface area contributed by atoms with Gasteiger partial charge >= 0.3 is 0 Å². The van der Waals surface area contributed by atoms with Crippen LogP contribution in [-0.4, -0.2) is 39.3 Å². The molecule has 0 fully saturated rings. The summed E-state index contributed by atoms with van der Waals surface area (Å²) in [5.41, 5.74) is 0. The number of nitrogens with zero attached hydrogens (tertiary/aromatic N) is 3. The molecule has 0 saturated heterocycles. The summed E-state index contributed by atoms with van der Waals surface area (Å²) in [5.74, 6) is 0.624. The molecule has 1 heterocycles. The lowest BCUT2D eigenvalue weighted by molar-refractivity contribution is 0.340. The van der Waals surface area contributed by atoms with E-state index < -0.39 is 10.0 Å². The number of nitrogens with one attached hydrogen (secondary N) is 1. The summed E-state index contributed by atoms with van der Waals surface area (Å²) < 4.78 is 29.7. The van der Waals surface area contributed by atoms with Gasteiger partial charge in [0.15, 0.2) is 5.13 Å². The Morgan fingerprint density at radius 1 is 1.24 bits per heavy atom. The van der Waals surface area contributed by atoms with Crippen LogP contribution in [0.25, 0.3) is 0 Å². The van der Waals surface area contributed by atoms with Gasteiger partial charge < -0.3 is 9.64 Å². The molecule has 0 aliphatic heterocycles. The first-order valence-corrected chi connectivity index (χ1v) is 10.3. The van der Waals surface area contributed by atoms with Crippen molar-refractivity contribution in [3.63, 3.8) is 0 Å². The van der Waals surface area contributed by atoms with Crippen LogP contribution in [0.2, 0.25) is 0 Å². The largest absolute Gasteiger partial charge is 0.494 e. The number of anilines is 1. The van der Waals surface area contributed by atoms with E-state index in [9.17, 15) is 8.42 Å². The molecular formula is C16H22N4O3S2. The number of aromatic nitrogens is 1. The third-order valence-corrected chi connectivity index (χ3v) is 5.59. The van der Waals surface area contributed by atoms with Crippen LogP contribution < -0.4 is 14.5 Å². The molecule has 0 unspecified atom stereocenters. The van der Waals surface area contributed by atoms with Crippen molar-refractivity contribution in [2.75, 3.05) is 24.6 Å². The van der Waals surface area contributed by atoms with E-state index in [0.29, 0.717) is 12.4 Å². The Kier molecular flexibility index (Phi) is 6.77. The fourth-order valence-corrected chi connectivity index (χ4v) is 3.78. The molecule has 7 nitrogen and oxygen atoms in total. The highest BCUT2D eigenvalue weighted by atomic mass is 32.2. The van der Waals surface area contributed by atoms with Gasteiger partial charge in [-0.3, -0.25) is 0 Å². The smallest absolute Gasteiger partial charge is 0.276 e. The number of hydrogen-bond donors (Lipinski definition) is 1. The molecule has 0 saturated carbocycles. The first-order valence-electron chi connectivity index (χ1n) is 7.98. The highest BCUT2D eigenvalue weighted by molar-refractivity contribution is 7.89. The Bertz CT molecular complexity index is 797. The summed E-state index contributed by atoms with van der Waals surface area (Å²) in [6.45, 7) is 8.24. The van der Waals surface area contributed by atoms with Gasteiger partial charge in [-0.1, -0.05) is 11.3 Å². The third kappa shape index (κ3) is 5.17. The van der Waals surface area contributed by atoms with Crippen molar-refractivity contribution in [1.82, 2.24) is 9.82 Å². The average Bonchev–Trinajstić information content (AvgIpc) is 3.05. The van der Waals surface area contributed by atoms with Crippen molar-refractivity contribution >= 4 is 32.7 Å². The van der Waals surface area contributed by atoms with Crippen molar-refractivity contribution in [3.8, 4) is 5.75 Å². The van der Waals surface area contributed by atoms with Crippen molar-refractivity contribution < 1.29 is 13.2 Å². The zero-order valence-corrected chi connectivity index (χ0v) is 16.1. The molecule has 9 heteroatoms. The van der Waals surface area contributed by atoms with E-state index in [1.165, 1.54) is 29.7 Å². The third-order valence-electron chi connectivity index (χ3n) is 3.36. The van der Waals surface area contributed by atoms with Gasteiger partial charge in [0.1, 0.15) is 5.75 Å². The van der Waals surface area contributed by atoms with Gasteiger partial charge in [-0.05, 0) is 45.0 Å². The van der Waals surface area contributed by atoms with Gasteiger partial charge in [-0.2, -0.15) is 13.5 Å². The fourth-order valence-electron chi connectivity index (χ4n) is 2.07. The van der Waals surface area contributed by atoms with E-state index in [0.717, 1.165) is 23.1 Å². The highest BCUT2D eigenvalue weighted by Gasteiger charge is 2.13. The molecule has 0 radical (unpaired) electrons. The van der Waals surface area contributed by atoms with Crippen LogP contribution in [0.5, 0.6) is 5.75 Å². The van der Waals surface area contributed by atoms with Crippen molar-refractivity contribution in [2.45, 2.75) is 25.7 Å². The number of ether oxygens (including phenoxy) is 1. The van der Waals surface area contributed by atoms with Crippen molar-refractivity contribution in [3.05, 3.63) is 35.3 Å². The molecule has 0 atom stereocenters. The maximum atomic E-state index is 12.2. The summed E-state index contributed by atoms with van der Waals surface area (Å²) in [4.78, 5) is 9.55. The standard InChI is InChI=1S/C16H22N4O3S2/c1-4-20(5-2)16-17-11-14(24-16)12-18-19-25(21,22)15-9-7-13(8-10-15)23-6-3/h7-12,19H,4-6H2,1-3H3/b18-12+. The maximum absolute atomic E-state index is 12.2. The lowest BCUT2D eigenvalue weighted by Gasteiger charge is -2.16. The quantitative estimate of drug-likeness (QED) is 0.532. The van der Waals surface area contributed by atoms with Gasteiger partial charge in [0.25, 0.3) is 10.0 Å². The summed E-state index contributed by atoms with van der Waals surface area (Å²) in [6.07, 6.45) is 3.13. The minimum absolute atomic E-state index is 0.126. The second kappa shape index (κ2) is 8.82. The molecular weight excluding hydrogens is 360 g/mol. The molecule has 1 aromatic heterocycles. The summed E-state index contributed by atoms with van der Waals surface area (Å²) >= 11 is 1.46. The number of hydrogen-bond acceptors (Lipinski definition) is 7. The number of benzene rings is 1. The monoisotopic (exact) mass is 382 g/mol. The number of thiazole rings is 1. The molecule has 2 rings (SSSR count). The normalized spacial score (nSPS) is 11.6. The summed E-state index contributed by atoms with van der Waals surface area (Å²) in [5, 5.41) is 4.72. The summed E-state index contributed by atoms with van der Waals surface area (Å²) in [7, 11) is -3.71. The van der Waals surface area contributed by atoms with E-state index in [1.54, 1.807) is 18.3 Å². The Morgan fingerprint density at radius 3 is 2.52 bits per heavy atom. The number of rotatable bonds is 9. The number of sulfonamides is 1. The molecule has 0 aliphatic rings. The lowest BCUT2D eigenvalue weighted by Crippen LogP contribution is -2.21. The Hall–Kier alpha value is -2.13. The van der Waals surface area contributed by atoms with Crippen LogP contribution >= 0.6 is 11.3 Å². The van der Waals surface area contributed by atoms with Crippen LogP contribution in [0.4, 0.5) is 5.13 Å². The fraction of sp³-hybridized carbons (Fsp3) is 0.375. The molecule has 0 aliphatic carbocycles. The molecule has 0 amide bonds. The van der Waals surface area contributed by atoms with Crippen LogP contribution in [0.1, 0.15) is 25.6 Å². The van der Waals surface area contributed by atoms with Crippen LogP contribution in [-0.2, 0) is 10.0 Å². The summed E-state index contributed by atoms with van der Waals surface area (Å²) in [6, 6.07) is 6.19. The van der Waals surface area contributed by atoms with Gasteiger partial charge in [0.2, 0.25) is 0 Å². The topological polar surface area (TPSA) is 83.9 Å². The predicted molar refractivity (Wildman–Crippen MR) is 101 cm³/mol. The molecule has 1 N–H and O–H groups in total. The molecule has 0 spiro atoms. The SMILES string of the molecule is CCOc1ccc(S(=O)(=O)N/N=C/c2cnc(N(CC)CC)s2)cc1. The van der Waals surface area contributed by atoms with Gasteiger partial charge in [-0.15, -0.1) is 0 Å². The second-order valence-electron chi connectivity index (χ2n) is 4.97. The molecule has 25 heavy (non-hydrogen) atoms. The minimum Gasteiger partial charge on any atom is -0.494 e. The van der Waals surface area contributed by atoms with Gasteiger partial charge in [0.05, 0.1) is 22.6 Å². The molecule has 1 aromatic carbocycles. The lowest BCUT2D eigenvalue weighted by atomic mass is 10.3. The van der Waals surface area contributed by atoms with E-state index in [2.05, 4.69) is 33.7 Å². The first-order chi connectivity index (χ1) is 12.0. The zero-order chi connectivity index (χ0) is 18.3. The highest BCUT2D eigenvalue weighted by Crippen LogP contribution is 2.21. The Labute approximate surface area is 152 Å². The van der Waals surface area contributed by atoms with E-state index in [-0.39, 0.29) is 4.90 Å². The average molecular weight is 383 g/mol. The van der Waals surface area contributed by atoms with Crippen molar-refractivity contribution in [2.24, 2.45) is 5.10 Å². The van der Waals surface area contributed by atoms with E-state index >= 15 is 0 Å². The maximum Gasteiger partial charge on any atom is 0.276 e. The van der Waals surface area contributed by atoms with Gasteiger partial charge in [0, 0.05) is 19.3 Å². The molecule has 136 valence electrons. The number of hydrazone groups is 1. The van der Waals surface area contributed by atoms with Crippen LogP contribution in [0.3, 0.4) is 0 Å². The molecule has 0 bridgehead atoms. The second-order valence-corrected chi connectivity index (χ2v) is 7.68. The Balaban J connectivity index is 2.02. The predicted octanol–water partition coefficient (Wildman–Crippen LogP) is 2.70. The van der Waals surface area contributed by atoms with E-state index in [4.69, 9.17) is 4.74 Å². The molecule has 2 aromatic rings. The first kappa shape index (κ1) is 19.2. The minimum atomic E-state index is -3.71. The van der Waals surface area contributed by atoms with E-state index in [1.807, 2.05) is 6.92 Å². The van der Waals surface area contributed by atoms with Crippen LogP contribution in [0, 0.1) is 0 Å².